The van der Waals surface area contributed by atoms with Gasteiger partial charge in [-0.05, 0) is 38.2 Å². The van der Waals surface area contributed by atoms with Gasteiger partial charge in [0.2, 0.25) is 0 Å². The van der Waals surface area contributed by atoms with Crippen LogP contribution in [0.3, 0.4) is 0 Å². The van der Waals surface area contributed by atoms with Gasteiger partial charge in [-0.3, -0.25) is 0 Å². The Labute approximate surface area is 116 Å². The molecule has 19 heavy (non-hydrogen) atoms. The van der Waals surface area contributed by atoms with E-state index in [0.29, 0.717) is 6.04 Å². The van der Waals surface area contributed by atoms with Crippen LogP contribution in [-0.4, -0.2) is 19.0 Å². The number of para-hydroxylation sites is 1. The largest absolute Gasteiger partial charge is 0.378 e. The lowest BCUT2D eigenvalue weighted by atomic mass is 10.1. The van der Waals surface area contributed by atoms with Crippen molar-refractivity contribution < 1.29 is 0 Å². The van der Waals surface area contributed by atoms with E-state index in [9.17, 15) is 0 Å². The number of nitrogens with one attached hydrogen (secondary N) is 1. The molecule has 2 aromatic carbocycles. The monoisotopic (exact) mass is 254 g/mol. The number of rotatable bonds is 5. The van der Waals surface area contributed by atoms with Crippen molar-refractivity contribution in [2.45, 2.75) is 19.5 Å². The quantitative estimate of drug-likeness (QED) is 0.870. The average Bonchev–Trinajstić information content (AvgIpc) is 2.41. The van der Waals surface area contributed by atoms with E-state index in [2.05, 4.69) is 85.8 Å². The Morgan fingerprint density at radius 1 is 0.947 bits per heavy atom. The molecule has 0 aromatic heterocycles. The van der Waals surface area contributed by atoms with E-state index < -0.39 is 0 Å². The molecule has 0 amide bonds. The molecular formula is C17H22N2. The van der Waals surface area contributed by atoms with E-state index in [1.165, 1.54) is 16.8 Å². The number of nitrogens with zero attached hydrogens (tertiary/aromatic N) is 1. The fourth-order valence-corrected chi connectivity index (χ4v) is 2.20. The van der Waals surface area contributed by atoms with Gasteiger partial charge in [0.1, 0.15) is 0 Å². The van der Waals surface area contributed by atoms with Crippen molar-refractivity contribution in [3.8, 4) is 0 Å². The minimum absolute atomic E-state index is 0.310. The van der Waals surface area contributed by atoms with Gasteiger partial charge >= 0.3 is 0 Å². The molecule has 0 aliphatic carbocycles. The zero-order valence-corrected chi connectivity index (χ0v) is 11.9. The molecule has 0 saturated carbocycles. The zero-order valence-electron chi connectivity index (χ0n) is 11.9. The molecule has 0 aliphatic rings. The summed E-state index contributed by atoms with van der Waals surface area (Å²) in [4.78, 5) is 2.19. The van der Waals surface area contributed by atoms with Crippen molar-refractivity contribution in [3.05, 3.63) is 65.7 Å². The molecule has 0 fully saturated rings. The van der Waals surface area contributed by atoms with Gasteiger partial charge in [0.25, 0.3) is 0 Å². The molecule has 1 atom stereocenters. The lowest BCUT2D eigenvalue weighted by Crippen LogP contribution is -2.14. The van der Waals surface area contributed by atoms with Crippen LogP contribution >= 0.6 is 0 Å². The van der Waals surface area contributed by atoms with Gasteiger partial charge in [0.15, 0.2) is 0 Å². The minimum atomic E-state index is 0.310. The number of hydrogen-bond acceptors (Lipinski definition) is 2. The van der Waals surface area contributed by atoms with Gasteiger partial charge in [0.05, 0.1) is 0 Å². The maximum Gasteiger partial charge on any atom is 0.0485 e. The van der Waals surface area contributed by atoms with Crippen LogP contribution in [0.5, 0.6) is 0 Å². The molecule has 0 aliphatic heterocycles. The Morgan fingerprint density at radius 2 is 1.58 bits per heavy atom. The summed E-state index contributed by atoms with van der Waals surface area (Å²) in [5, 5.41) is 3.61. The summed E-state index contributed by atoms with van der Waals surface area (Å²) in [6, 6.07) is 19.4. The van der Waals surface area contributed by atoms with Gasteiger partial charge in [-0.15, -0.1) is 0 Å². The molecule has 0 heterocycles. The van der Waals surface area contributed by atoms with E-state index in [0.717, 1.165) is 6.54 Å². The Kier molecular flexibility index (Phi) is 4.58. The van der Waals surface area contributed by atoms with E-state index in [1.54, 1.807) is 0 Å². The van der Waals surface area contributed by atoms with Crippen LogP contribution in [0.1, 0.15) is 24.1 Å². The average molecular weight is 254 g/mol. The van der Waals surface area contributed by atoms with Crippen LogP contribution in [0.2, 0.25) is 0 Å². The van der Waals surface area contributed by atoms with Crippen LogP contribution in [0.4, 0.5) is 5.69 Å². The van der Waals surface area contributed by atoms with Gasteiger partial charge in [-0.1, -0.05) is 48.5 Å². The van der Waals surface area contributed by atoms with Crippen LogP contribution in [-0.2, 0) is 6.54 Å². The molecule has 0 radical (unpaired) electrons. The van der Waals surface area contributed by atoms with E-state index in [1.807, 2.05) is 0 Å². The predicted molar refractivity (Wildman–Crippen MR) is 82.3 cm³/mol. The SMILES string of the molecule is CC(Nc1ccccc1CN(C)C)c1ccccc1. The van der Waals surface area contributed by atoms with Crippen molar-refractivity contribution >= 4 is 5.69 Å². The Hall–Kier alpha value is -1.80. The summed E-state index contributed by atoms with van der Waals surface area (Å²) >= 11 is 0. The van der Waals surface area contributed by atoms with Gasteiger partial charge < -0.3 is 10.2 Å². The second-order valence-electron chi connectivity index (χ2n) is 5.17. The normalized spacial score (nSPS) is 12.4. The Morgan fingerprint density at radius 3 is 2.26 bits per heavy atom. The second-order valence-corrected chi connectivity index (χ2v) is 5.17. The third-order valence-electron chi connectivity index (χ3n) is 3.18. The highest BCUT2D eigenvalue weighted by atomic mass is 15.1. The highest BCUT2D eigenvalue weighted by Crippen LogP contribution is 2.22. The van der Waals surface area contributed by atoms with Crippen molar-refractivity contribution in [2.24, 2.45) is 0 Å². The van der Waals surface area contributed by atoms with E-state index in [-0.39, 0.29) is 0 Å². The molecule has 2 nitrogen and oxygen atoms in total. The number of benzene rings is 2. The molecule has 1 N–H and O–H groups in total. The van der Waals surface area contributed by atoms with Crippen molar-refractivity contribution in [2.75, 3.05) is 19.4 Å². The van der Waals surface area contributed by atoms with E-state index in [4.69, 9.17) is 0 Å². The van der Waals surface area contributed by atoms with Gasteiger partial charge in [-0.25, -0.2) is 0 Å². The third-order valence-corrected chi connectivity index (χ3v) is 3.18. The highest BCUT2D eigenvalue weighted by molar-refractivity contribution is 5.52. The minimum Gasteiger partial charge on any atom is -0.378 e. The van der Waals surface area contributed by atoms with E-state index >= 15 is 0 Å². The van der Waals surface area contributed by atoms with Crippen LogP contribution < -0.4 is 5.32 Å². The first-order chi connectivity index (χ1) is 9.16. The number of anilines is 1. The molecule has 1 unspecified atom stereocenters. The fraction of sp³-hybridized carbons (Fsp3) is 0.294. The Bertz CT molecular complexity index is 506. The smallest absolute Gasteiger partial charge is 0.0485 e. The van der Waals surface area contributed by atoms with Crippen molar-refractivity contribution in [3.63, 3.8) is 0 Å². The van der Waals surface area contributed by atoms with Crippen molar-refractivity contribution in [1.29, 1.82) is 0 Å². The van der Waals surface area contributed by atoms with Gasteiger partial charge in [-0.2, -0.15) is 0 Å². The first kappa shape index (κ1) is 13.6. The Balaban J connectivity index is 2.15. The summed E-state index contributed by atoms with van der Waals surface area (Å²) in [7, 11) is 4.19. The lowest BCUT2D eigenvalue weighted by molar-refractivity contribution is 0.403. The van der Waals surface area contributed by atoms with Crippen LogP contribution in [0.15, 0.2) is 54.6 Å². The lowest BCUT2D eigenvalue weighted by Gasteiger charge is -2.20. The summed E-state index contributed by atoms with van der Waals surface area (Å²) in [5.74, 6) is 0. The molecule has 100 valence electrons. The zero-order chi connectivity index (χ0) is 13.7. The van der Waals surface area contributed by atoms with Crippen molar-refractivity contribution in [1.82, 2.24) is 4.90 Å². The summed E-state index contributed by atoms with van der Waals surface area (Å²) < 4.78 is 0. The second kappa shape index (κ2) is 6.39. The summed E-state index contributed by atoms with van der Waals surface area (Å²) in [6.45, 7) is 3.15. The maximum atomic E-state index is 3.61. The molecule has 0 bridgehead atoms. The molecule has 2 aromatic rings. The fourth-order valence-electron chi connectivity index (χ4n) is 2.20. The molecular weight excluding hydrogens is 232 g/mol. The third kappa shape index (κ3) is 3.83. The first-order valence-corrected chi connectivity index (χ1v) is 6.71. The summed E-state index contributed by atoms with van der Waals surface area (Å²) in [6.07, 6.45) is 0. The summed E-state index contributed by atoms with van der Waals surface area (Å²) in [5.41, 5.74) is 3.85. The molecule has 0 spiro atoms. The predicted octanol–water partition coefficient (Wildman–Crippen LogP) is 3.92. The molecule has 0 saturated heterocycles. The van der Waals surface area contributed by atoms with Crippen LogP contribution in [0, 0.1) is 0 Å². The molecule has 2 heteroatoms. The first-order valence-electron chi connectivity index (χ1n) is 6.71. The van der Waals surface area contributed by atoms with Gasteiger partial charge in [0, 0.05) is 18.3 Å². The topological polar surface area (TPSA) is 15.3 Å². The van der Waals surface area contributed by atoms with Crippen LogP contribution in [0.25, 0.3) is 0 Å². The highest BCUT2D eigenvalue weighted by Gasteiger charge is 2.08. The molecule has 2 rings (SSSR count). The maximum absolute atomic E-state index is 3.61. The number of hydrogen-bond donors (Lipinski definition) is 1. The standard InChI is InChI=1S/C17H22N2/c1-14(15-9-5-4-6-10-15)18-17-12-8-7-11-16(17)13-19(2)3/h4-12,14,18H,13H2,1-3H3.